The second kappa shape index (κ2) is 3.05. The summed E-state index contributed by atoms with van der Waals surface area (Å²) in [5, 5.41) is 2.23. The lowest BCUT2D eigenvalue weighted by atomic mass is 10.0. The predicted molar refractivity (Wildman–Crippen MR) is 50.8 cm³/mol. The van der Waals surface area contributed by atoms with Gasteiger partial charge in [-0.2, -0.15) is 0 Å². The molecule has 0 unspecified atom stereocenters. The van der Waals surface area contributed by atoms with Crippen molar-refractivity contribution in [1.29, 1.82) is 0 Å². The third-order valence-corrected chi connectivity index (χ3v) is 3.68. The molecule has 10 heavy (non-hydrogen) atoms. The summed E-state index contributed by atoms with van der Waals surface area (Å²) in [4.78, 5) is 0. The Bertz CT molecular complexity index is 225. The van der Waals surface area contributed by atoms with Crippen LogP contribution in [0.5, 0.6) is 0 Å². The first kappa shape index (κ1) is 8.28. The molecule has 0 aliphatic heterocycles. The van der Waals surface area contributed by atoms with Gasteiger partial charge in [-0.1, -0.05) is 13.8 Å². The Morgan fingerprint density at radius 3 is 2.30 bits per heavy atom. The average Bonchev–Trinajstić information content (AvgIpc) is 2.14. The van der Waals surface area contributed by atoms with Crippen LogP contribution in [0.1, 0.15) is 30.9 Å². The van der Waals surface area contributed by atoms with Crippen molar-refractivity contribution in [3.8, 4) is 0 Å². The van der Waals surface area contributed by atoms with Gasteiger partial charge in [0.05, 0.1) is 3.79 Å². The van der Waals surface area contributed by atoms with Crippen LogP contribution < -0.4 is 0 Å². The maximum atomic E-state index is 3.50. The zero-order chi connectivity index (χ0) is 7.72. The van der Waals surface area contributed by atoms with Gasteiger partial charge >= 0.3 is 0 Å². The van der Waals surface area contributed by atoms with E-state index in [1.54, 1.807) is 11.3 Å². The monoisotopic (exact) mass is 218 g/mol. The highest BCUT2D eigenvalue weighted by atomic mass is 79.9. The van der Waals surface area contributed by atoms with Gasteiger partial charge < -0.3 is 0 Å². The van der Waals surface area contributed by atoms with Crippen LogP contribution in [0.15, 0.2) is 9.17 Å². The quantitative estimate of drug-likeness (QED) is 0.671. The Balaban J connectivity index is 3.05. The number of rotatable bonds is 1. The minimum atomic E-state index is 0.655. The van der Waals surface area contributed by atoms with Gasteiger partial charge in [0.1, 0.15) is 0 Å². The van der Waals surface area contributed by atoms with E-state index in [-0.39, 0.29) is 0 Å². The van der Waals surface area contributed by atoms with Crippen molar-refractivity contribution in [1.82, 2.24) is 0 Å². The van der Waals surface area contributed by atoms with Crippen LogP contribution in [0.4, 0.5) is 0 Å². The van der Waals surface area contributed by atoms with E-state index in [1.807, 2.05) is 0 Å². The van der Waals surface area contributed by atoms with E-state index in [0.29, 0.717) is 5.92 Å². The first-order chi connectivity index (χ1) is 4.63. The molecule has 0 N–H and O–H groups in total. The van der Waals surface area contributed by atoms with Gasteiger partial charge in [0.2, 0.25) is 0 Å². The average molecular weight is 219 g/mol. The summed E-state index contributed by atoms with van der Waals surface area (Å²) in [7, 11) is 0. The first-order valence-corrected chi connectivity index (χ1v) is 5.03. The molecule has 0 spiro atoms. The Morgan fingerprint density at radius 2 is 2.10 bits per heavy atom. The molecule has 1 aromatic rings. The van der Waals surface area contributed by atoms with Crippen molar-refractivity contribution < 1.29 is 0 Å². The van der Waals surface area contributed by atoms with E-state index in [1.165, 1.54) is 14.9 Å². The van der Waals surface area contributed by atoms with Crippen LogP contribution in [0.25, 0.3) is 0 Å². The molecule has 0 nitrogen and oxygen atoms in total. The van der Waals surface area contributed by atoms with E-state index in [0.717, 1.165) is 0 Å². The van der Waals surface area contributed by atoms with Crippen LogP contribution in [0, 0.1) is 6.92 Å². The molecular weight excluding hydrogens is 208 g/mol. The number of thiophene rings is 1. The fourth-order valence-electron chi connectivity index (χ4n) is 0.975. The fourth-order valence-corrected chi connectivity index (χ4v) is 2.46. The van der Waals surface area contributed by atoms with E-state index < -0.39 is 0 Å². The number of hydrogen-bond acceptors (Lipinski definition) is 1. The van der Waals surface area contributed by atoms with Gasteiger partial charge in [-0.05, 0) is 45.3 Å². The van der Waals surface area contributed by atoms with Gasteiger partial charge in [0.15, 0.2) is 0 Å². The maximum Gasteiger partial charge on any atom is 0.0730 e. The summed E-state index contributed by atoms with van der Waals surface area (Å²) in [6.07, 6.45) is 0. The predicted octanol–water partition coefficient (Wildman–Crippen LogP) is 3.94. The van der Waals surface area contributed by atoms with E-state index in [4.69, 9.17) is 0 Å². The van der Waals surface area contributed by atoms with Crippen molar-refractivity contribution in [3.05, 3.63) is 20.3 Å². The van der Waals surface area contributed by atoms with Crippen molar-refractivity contribution in [2.45, 2.75) is 26.7 Å². The highest BCUT2D eigenvalue weighted by Gasteiger charge is 2.07. The van der Waals surface area contributed by atoms with Crippen LogP contribution >= 0.6 is 27.3 Å². The van der Waals surface area contributed by atoms with Gasteiger partial charge in [-0.25, -0.2) is 0 Å². The molecule has 2 heteroatoms. The molecule has 56 valence electrons. The third-order valence-electron chi connectivity index (χ3n) is 1.64. The molecule has 0 saturated carbocycles. The van der Waals surface area contributed by atoms with Crippen molar-refractivity contribution in [3.63, 3.8) is 0 Å². The lowest BCUT2D eigenvalue weighted by molar-refractivity contribution is 0.862. The summed E-state index contributed by atoms with van der Waals surface area (Å²) in [6, 6.07) is 0. The second-order valence-electron chi connectivity index (χ2n) is 2.74. The van der Waals surface area contributed by atoms with Crippen molar-refractivity contribution >= 4 is 27.3 Å². The molecule has 0 saturated heterocycles. The minimum Gasteiger partial charge on any atom is -0.136 e. The Labute approximate surface area is 74.4 Å². The van der Waals surface area contributed by atoms with E-state index in [2.05, 4.69) is 42.1 Å². The summed E-state index contributed by atoms with van der Waals surface area (Å²) in [5.74, 6) is 0.655. The van der Waals surface area contributed by atoms with Gasteiger partial charge in [0.25, 0.3) is 0 Å². The highest BCUT2D eigenvalue weighted by Crippen LogP contribution is 2.31. The third kappa shape index (κ3) is 1.43. The number of halogens is 1. The Morgan fingerprint density at radius 1 is 1.50 bits per heavy atom. The molecule has 0 aliphatic rings. The standard InChI is InChI=1S/C8H11BrS/c1-5(2)7-4-10-8(9)6(7)3/h4-5H,1-3H3. The number of hydrogen-bond donors (Lipinski definition) is 0. The summed E-state index contributed by atoms with van der Waals surface area (Å²) in [6.45, 7) is 6.61. The van der Waals surface area contributed by atoms with E-state index in [9.17, 15) is 0 Å². The lowest BCUT2D eigenvalue weighted by Gasteiger charge is -2.01. The molecule has 0 fully saturated rings. The maximum absolute atomic E-state index is 3.50. The van der Waals surface area contributed by atoms with Gasteiger partial charge in [0, 0.05) is 0 Å². The van der Waals surface area contributed by atoms with Crippen LogP contribution in [0.3, 0.4) is 0 Å². The Kier molecular flexibility index (Phi) is 2.53. The van der Waals surface area contributed by atoms with Crippen LogP contribution in [-0.2, 0) is 0 Å². The first-order valence-electron chi connectivity index (χ1n) is 3.36. The zero-order valence-corrected chi connectivity index (χ0v) is 8.84. The van der Waals surface area contributed by atoms with E-state index >= 15 is 0 Å². The highest BCUT2D eigenvalue weighted by molar-refractivity contribution is 9.11. The normalized spacial score (nSPS) is 10.9. The van der Waals surface area contributed by atoms with Gasteiger partial charge in [-0.15, -0.1) is 11.3 Å². The molecule has 1 heterocycles. The zero-order valence-electron chi connectivity index (χ0n) is 6.44. The molecular formula is C8H11BrS. The molecule has 1 rings (SSSR count). The summed E-state index contributed by atoms with van der Waals surface area (Å²) in [5.41, 5.74) is 2.87. The molecule has 0 aromatic carbocycles. The SMILES string of the molecule is Cc1c(C(C)C)csc1Br. The summed E-state index contributed by atoms with van der Waals surface area (Å²) >= 11 is 5.28. The van der Waals surface area contributed by atoms with Crippen molar-refractivity contribution in [2.75, 3.05) is 0 Å². The fraction of sp³-hybridized carbons (Fsp3) is 0.500. The van der Waals surface area contributed by atoms with Crippen LogP contribution in [-0.4, -0.2) is 0 Å². The minimum absolute atomic E-state index is 0.655. The summed E-state index contributed by atoms with van der Waals surface area (Å²) < 4.78 is 1.27. The second-order valence-corrected chi connectivity index (χ2v) is 4.94. The smallest absolute Gasteiger partial charge is 0.0730 e. The lowest BCUT2D eigenvalue weighted by Crippen LogP contribution is -1.85. The topological polar surface area (TPSA) is 0 Å². The Hall–Kier alpha value is 0.180. The molecule has 1 aromatic heterocycles. The molecule has 0 radical (unpaired) electrons. The molecule has 0 aliphatic carbocycles. The van der Waals surface area contributed by atoms with Crippen LogP contribution in [0.2, 0.25) is 0 Å². The van der Waals surface area contributed by atoms with Crippen molar-refractivity contribution in [2.24, 2.45) is 0 Å². The molecule has 0 atom stereocenters. The molecule has 0 amide bonds. The molecule has 0 bridgehead atoms. The van der Waals surface area contributed by atoms with Gasteiger partial charge in [-0.3, -0.25) is 0 Å². The largest absolute Gasteiger partial charge is 0.136 e.